The molecule has 6 nitrogen and oxygen atoms in total. The van der Waals surface area contributed by atoms with Crippen LogP contribution in [-0.4, -0.2) is 22.5 Å². The first-order chi connectivity index (χ1) is 15.5. The van der Waals surface area contributed by atoms with Crippen molar-refractivity contribution in [1.29, 1.82) is 5.26 Å². The second-order valence-corrected chi connectivity index (χ2v) is 7.63. The van der Waals surface area contributed by atoms with Gasteiger partial charge in [0.1, 0.15) is 17.6 Å². The number of nitrogens with zero attached hydrogens (tertiary/aromatic N) is 2. The van der Waals surface area contributed by atoms with Crippen molar-refractivity contribution in [2.75, 3.05) is 11.9 Å². The number of imidazole rings is 1. The molecule has 0 saturated carbocycles. The molecule has 1 amide bonds. The first kappa shape index (κ1) is 21.4. The van der Waals surface area contributed by atoms with E-state index < -0.39 is 0 Å². The predicted molar refractivity (Wildman–Crippen MR) is 127 cm³/mol. The molecule has 0 unspecified atom stereocenters. The van der Waals surface area contributed by atoms with Gasteiger partial charge in [-0.3, -0.25) is 4.79 Å². The maximum Gasteiger partial charge on any atom is 0.262 e. The Morgan fingerprint density at radius 1 is 1.09 bits per heavy atom. The van der Waals surface area contributed by atoms with Gasteiger partial charge in [0.15, 0.2) is 6.61 Å². The van der Waals surface area contributed by atoms with E-state index in [9.17, 15) is 10.1 Å². The second-order valence-electron chi connectivity index (χ2n) is 6.81. The Bertz CT molecular complexity index is 1340. The molecule has 8 heteroatoms. The lowest BCUT2D eigenvalue weighted by Crippen LogP contribution is -2.20. The molecule has 158 valence electrons. The van der Waals surface area contributed by atoms with E-state index in [1.807, 2.05) is 30.3 Å². The van der Waals surface area contributed by atoms with Gasteiger partial charge in [-0.2, -0.15) is 5.26 Å². The highest BCUT2D eigenvalue weighted by atomic mass is 35.5. The third-order valence-electron chi connectivity index (χ3n) is 4.51. The van der Waals surface area contributed by atoms with Gasteiger partial charge in [-0.25, -0.2) is 4.98 Å². The van der Waals surface area contributed by atoms with Crippen LogP contribution >= 0.6 is 23.2 Å². The molecule has 0 aliphatic carbocycles. The first-order valence-electron chi connectivity index (χ1n) is 9.56. The minimum atomic E-state index is -0.343. The number of fused-ring (bicyclic) bond motifs is 1. The maximum atomic E-state index is 12.2. The molecule has 0 atom stereocenters. The summed E-state index contributed by atoms with van der Waals surface area (Å²) in [6.07, 6.45) is 1.71. The van der Waals surface area contributed by atoms with Crippen LogP contribution < -0.4 is 10.1 Å². The van der Waals surface area contributed by atoms with Crippen molar-refractivity contribution in [2.24, 2.45) is 0 Å². The predicted octanol–water partition coefficient (Wildman–Crippen LogP) is 5.95. The zero-order valence-corrected chi connectivity index (χ0v) is 18.1. The highest BCUT2D eigenvalue weighted by Crippen LogP contribution is 2.25. The van der Waals surface area contributed by atoms with Crippen LogP contribution in [0.15, 0.2) is 66.7 Å². The van der Waals surface area contributed by atoms with Gasteiger partial charge in [-0.05, 0) is 54.1 Å². The van der Waals surface area contributed by atoms with Crippen LogP contribution in [0.5, 0.6) is 5.75 Å². The monoisotopic (exact) mass is 462 g/mol. The molecule has 0 spiro atoms. The molecule has 0 fully saturated rings. The van der Waals surface area contributed by atoms with E-state index in [1.165, 1.54) is 0 Å². The lowest BCUT2D eigenvalue weighted by atomic mass is 10.1. The Kier molecular flexibility index (Phi) is 6.41. The van der Waals surface area contributed by atoms with Crippen LogP contribution in [0.1, 0.15) is 11.4 Å². The molecule has 0 aliphatic heterocycles. The molecule has 1 heterocycles. The number of halogens is 2. The fourth-order valence-electron chi connectivity index (χ4n) is 3.01. The van der Waals surface area contributed by atoms with Crippen LogP contribution in [0.4, 0.5) is 5.69 Å². The Morgan fingerprint density at radius 3 is 2.72 bits per heavy atom. The fraction of sp³-hybridized carbons (Fsp3) is 0.0417. The number of hydrogen-bond donors (Lipinski definition) is 2. The first-order valence-corrected chi connectivity index (χ1v) is 10.3. The number of anilines is 1. The summed E-state index contributed by atoms with van der Waals surface area (Å²) >= 11 is 11.8. The highest BCUT2D eigenvalue weighted by molar-refractivity contribution is 6.42. The van der Waals surface area contributed by atoms with E-state index >= 15 is 0 Å². The number of para-hydroxylation sites is 2. The molecule has 3 aromatic carbocycles. The number of nitrogens with one attached hydrogen (secondary N) is 2. The number of H-pyrrole nitrogens is 1. The number of aromatic amines is 1. The van der Waals surface area contributed by atoms with Crippen LogP contribution in [0.25, 0.3) is 22.7 Å². The standard InChI is InChI=1S/C24H16Cl2N4O2/c25-19-9-8-17(12-20(19)26)28-23(31)14-32-18-5-3-4-15(11-18)10-16(13-27)24-29-21-6-1-2-7-22(21)30-24/h1-12H,14H2,(H,28,31)(H,29,30)/b16-10+. The van der Waals surface area contributed by atoms with Crippen LogP contribution in [0.2, 0.25) is 10.0 Å². The zero-order chi connectivity index (χ0) is 22.5. The van der Waals surface area contributed by atoms with Crippen molar-refractivity contribution in [3.05, 3.63) is 88.2 Å². The summed E-state index contributed by atoms with van der Waals surface area (Å²) in [5.41, 5.74) is 3.29. The van der Waals surface area contributed by atoms with Crippen LogP contribution in [-0.2, 0) is 4.79 Å². The Balaban J connectivity index is 1.45. The summed E-state index contributed by atoms with van der Waals surface area (Å²) in [5, 5.41) is 13.1. The van der Waals surface area contributed by atoms with E-state index in [4.69, 9.17) is 27.9 Å². The Morgan fingerprint density at radius 2 is 1.94 bits per heavy atom. The number of carbonyl (C=O) groups is 1. The highest BCUT2D eigenvalue weighted by Gasteiger charge is 2.09. The van der Waals surface area contributed by atoms with Crippen molar-refractivity contribution < 1.29 is 9.53 Å². The topological polar surface area (TPSA) is 90.8 Å². The van der Waals surface area contributed by atoms with E-state index in [0.717, 1.165) is 16.6 Å². The normalized spacial score (nSPS) is 11.2. The smallest absolute Gasteiger partial charge is 0.262 e. The number of allylic oxidation sites excluding steroid dienone is 1. The largest absolute Gasteiger partial charge is 0.484 e. The lowest BCUT2D eigenvalue weighted by molar-refractivity contribution is -0.118. The fourth-order valence-corrected chi connectivity index (χ4v) is 3.31. The number of amides is 1. The molecule has 0 saturated heterocycles. The number of nitriles is 1. The van der Waals surface area contributed by atoms with Gasteiger partial charge in [-0.1, -0.05) is 47.5 Å². The maximum absolute atomic E-state index is 12.2. The van der Waals surface area contributed by atoms with Gasteiger partial charge >= 0.3 is 0 Å². The Hall–Kier alpha value is -3.79. The number of ether oxygens (including phenoxy) is 1. The quantitative estimate of drug-likeness (QED) is 0.346. The molecular weight excluding hydrogens is 447 g/mol. The van der Waals surface area contributed by atoms with Gasteiger partial charge in [0.2, 0.25) is 0 Å². The molecule has 32 heavy (non-hydrogen) atoms. The number of carbonyl (C=O) groups excluding carboxylic acids is 1. The minimum absolute atomic E-state index is 0.192. The van der Waals surface area contributed by atoms with Gasteiger partial charge in [0.05, 0.1) is 26.7 Å². The van der Waals surface area contributed by atoms with E-state index in [1.54, 1.807) is 42.5 Å². The average Bonchev–Trinajstić information content (AvgIpc) is 3.23. The third-order valence-corrected chi connectivity index (χ3v) is 5.25. The minimum Gasteiger partial charge on any atom is -0.484 e. The molecule has 0 aliphatic rings. The second kappa shape index (κ2) is 9.56. The van der Waals surface area contributed by atoms with Crippen LogP contribution in [0.3, 0.4) is 0 Å². The lowest BCUT2D eigenvalue weighted by Gasteiger charge is -2.09. The van der Waals surface area contributed by atoms with Crippen molar-refractivity contribution >= 4 is 57.5 Å². The number of aromatic nitrogens is 2. The van der Waals surface area contributed by atoms with Gasteiger partial charge in [0, 0.05) is 5.69 Å². The Labute approximate surface area is 194 Å². The summed E-state index contributed by atoms with van der Waals surface area (Å²) < 4.78 is 5.60. The van der Waals surface area contributed by atoms with Crippen molar-refractivity contribution in [3.63, 3.8) is 0 Å². The summed E-state index contributed by atoms with van der Waals surface area (Å²) in [7, 11) is 0. The van der Waals surface area contributed by atoms with E-state index in [-0.39, 0.29) is 12.5 Å². The average molecular weight is 463 g/mol. The molecular formula is C24H16Cl2N4O2. The molecule has 2 N–H and O–H groups in total. The van der Waals surface area contributed by atoms with Crippen LogP contribution in [0, 0.1) is 11.3 Å². The zero-order valence-electron chi connectivity index (χ0n) is 16.6. The molecule has 4 aromatic rings. The molecule has 0 radical (unpaired) electrons. The number of hydrogen-bond acceptors (Lipinski definition) is 4. The number of benzene rings is 3. The molecule has 0 bridgehead atoms. The van der Waals surface area contributed by atoms with Crippen molar-refractivity contribution in [3.8, 4) is 11.8 Å². The van der Waals surface area contributed by atoms with Crippen molar-refractivity contribution in [2.45, 2.75) is 0 Å². The van der Waals surface area contributed by atoms with Gasteiger partial charge in [-0.15, -0.1) is 0 Å². The van der Waals surface area contributed by atoms with Gasteiger partial charge in [0.25, 0.3) is 5.91 Å². The molecule has 4 rings (SSSR count). The SMILES string of the molecule is N#C/C(=C\c1cccc(OCC(=O)Nc2ccc(Cl)c(Cl)c2)c1)c1nc2ccccc2[nH]1. The summed E-state index contributed by atoms with van der Waals surface area (Å²) in [4.78, 5) is 19.8. The van der Waals surface area contributed by atoms with E-state index in [0.29, 0.717) is 32.9 Å². The molecule has 1 aromatic heterocycles. The summed E-state index contributed by atoms with van der Waals surface area (Å²) in [6.45, 7) is -0.192. The van der Waals surface area contributed by atoms with Crippen molar-refractivity contribution in [1.82, 2.24) is 9.97 Å². The summed E-state index contributed by atoms with van der Waals surface area (Å²) in [5.74, 6) is 0.635. The van der Waals surface area contributed by atoms with Gasteiger partial charge < -0.3 is 15.0 Å². The van der Waals surface area contributed by atoms with E-state index in [2.05, 4.69) is 21.4 Å². The number of rotatable bonds is 6. The third kappa shape index (κ3) is 5.09. The summed E-state index contributed by atoms with van der Waals surface area (Å²) in [6, 6.07) is 21.7.